The van der Waals surface area contributed by atoms with Crippen molar-refractivity contribution in [2.45, 2.75) is 6.54 Å². The zero-order chi connectivity index (χ0) is 15.1. The standard InChI is InChI=1S/C17H15NO3/c19-11-5-8-13-6-1-2-7-14(13)12-18-17(21)15-9-3-4-10-16(15)20/h1-4,6-7,9-10,19-20H,11-12H2,(H,18,21). The number of amides is 1. The van der Waals surface area contributed by atoms with E-state index in [1.807, 2.05) is 24.3 Å². The number of aromatic hydroxyl groups is 1. The minimum Gasteiger partial charge on any atom is -0.507 e. The molecule has 0 spiro atoms. The number of phenolic OH excluding ortho intramolecular Hbond substituents is 1. The van der Waals surface area contributed by atoms with Crippen molar-refractivity contribution in [1.82, 2.24) is 5.32 Å². The summed E-state index contributed by atoms with van der Waals surface area (Å²) in [6.45, 7) is 0.0853. The number of benzene rings is 2. The third-order valence-electron chi connectivity index (χ3n) is 2.91. The van der Waals surface area contributed by atoms with E-state index in [2.05, 4.69) is 17.2 Å². The summed E-state index contributed by atoms with van der Waals surface area (Å²) in [6.07, 6.45) is 0. The first-order valence-electron chi connectivity index (χ1n) is 6.46. The lowest BCUT2D eigenvalue weighted by Gasteiger charge is -2.08. The molecule has 2 aromatic rings. The third-order valence-corrected chi connectivity index (χ3v) is 2.91. The van der Waals surface area contributed by atoms with Gasteiger partial charge in [0.1, 0.15) is 12.4 Å². The van der Waals surface area contributed by atoms with Gasteiger partial charge in [-0.15, -0.1) is 0 Å². The number of carbonyl (C=O) groups is 1. The Morgan fingerprint density at radius 3 is 2.57 bits per heavy atom. The van der Waals surface area contributed by atoms with Gasteiger partial charge in [0.15, 0.2) is 0 Å². The van der Waals surface area contributed by atoms with Gasteiger partial charge >= 0.3 is 0 Å². The first-order valence-corrected chi connectivity index (χ1v) is 6.46. The molecular formula is C17H15NO3. The van der Waals surface area contributed by atoms with Gasteiger partial charge in [0.25, 0.3) is 5.91 Å². The number of nitrogens with one attached hydrogen (secondary N) is 1. The van der Waals surface area contributed by atoms with Crippen LogP contribution in [0.15, 0.2) is 48.5 Å². The summed E-state index contributed by atoms with van der Waals surface area (Å²) in [5.74, 6) is 5.02. The molecule has 0 aromatic heterocycles. The average molecular weight is 281 g/mol. The topological polar surface area (TPSA) is 69.6 Å². The number of carbonyl (C=O) groups excluding carboxylic acids is 1. The van der Waals surface area contributed by atoms with Crippen LogP contribution in [0.4, 0.5) is 0 Å². The van der Waals surface area contributed by atoms with Gasteiger partial charge in [-0.25, -0.2) is 0 Å². The Balaban J connectivity index is 2.10. The predicted octanol–water partition coefficient (Wildman–Crippen LogP) is 1.67. The highest BCUT2D eigenvalue weighted by molar-refractivity contribution is 5.96. The Bertz CT molecular complexity index is 698. The zero-order valence-corrected chi connectivity index (χ0v) is 11.3. The molecule has 21 heavy (non-hydrogen) atoms. The number of hydrogen-bond acceptors (Lipinski definition) is 3. The largest absolute Gasteiger partial charge is 0.507 e. The Hall–Kier alpha value is -2.77. The van der Waals surface area contributed by atoms with Crippen LogP contribution in [0, 0.1) is 11.8 Å². The van der Waals surface area contributed by atoms with Crippen molar-refractivity contribution < 1.29 is 15.0 Å². The lowest BCUT2D eigenvalue weighted by Crippen LogP contribution is -2.23. The van der Waals surface area contributed by atoms with Crippen molar-refractivity contribution >= 4 is 5.91 Å². The molecule has 0 radical (unpaired) electrons. The van der Waals surface area contributed by atoms with Crippen molar-refractivity contribution in [1.29, 1.82) is 0 Å². The van der Waals surface area contributed by atoms with E-state index in [0.29, 0.717) is 6.54 Å². The van der Waals surface area contributed by atoms with Crippen molar-refractivity contribution in [3.05, 3.63) is 65.2 Å². The molecule has 0 fully saturated rings. The molecule has 0 bridgehead atoms. The number of hydrogen-bond donors (Lipinski definition) is 3. The van der Waals surface area contributed by atoms with Crippen LogP contribution in [-0.2, 0) is 6.54 Å². The fraction of sp³-hybridized carbons (Fsp3) is 0.118. The van der Waals surface area contributed by atoms with Crippen LogP contribution in [0.2, 0.25) is 0 Å². The van der Waals surface area contributed by atoms with Gasteiger partial charge in [-0.2, -0.15) is 0 Å². The molecule has 1 amide bonds. The van der Waals surface area contributed by atoms with Crippen LogP contribution < -0.4 is 5.32 Å². The predicted molar refractivity (Wildman–Crippen MR) is 79.7 cm³/mol. The van der Waals surface area contributed by atoms with Crippen molar-refractivity contribution in [3.63, 3.8) is 0 Å². The second-order valence-electron chi connectivity index (χ2n) is 4.32. The van der Waals surface area contributed by atoms with E-state index in [0.717, 1.165) is 11.1 Å². The molecule has 0 atom stereocenters. The molecule has 0 saturated heterocycles. The molecule has 3 N–H and O–H groups in total. The Labute approximate surface area is 123 Å². The van der Waals surface area contributed by atoms with E-state index < -0.39 is 0 Å². The molecule has 2 rings (SSSR count). The molecule has 4 nitrogen and oxygen atoms in total. The average Bonchev–Trinajstić information content (AvgIpc) is 2.52. The zero-order valence-electron chi connectivity index (χ0n) is 11.3. The van der Waals surface area contributed by atoms with Gasteiger partial charge in [0.2, 0.25) is 0 Å². The number of aliphatic hydroxyl groups excluding tert-OH is 1. The Kier molecular flexibility index (Phi) is 4.97. The van der Waals surface area contributed by atoms with Gasteiger partial charge in [0, 0.05) is 12.1 Å². The van der Waals surface area contributed by atoms with E-state index in [1.165, 1.54) is 6.07 Å². The molecule has 0 aliphatic heterocycles. The van der Waals surface area contributed by atoms with Crippen LogP contribution in [-0.4, -0.2) is 22.7 Å². The summed E-state index contributed by atoms with van der Waals surface area (Å²) in [4.78, 5) is 12.0. The summed E-state index contributed by atoms with van der Waals surface area (Å²) in [7, 11) is 0. The summed E-state index contributed by atoms with van der Waals surface area (Å²) >= 11 is 0. The highest BCUT2D eigenvalue weighted by atomic mass is 16.3. The molecule has 106 valence electrons. The smallest absolute Gasteiger partial charge is 0.255 e. The van der Waals surface area contributed by atoms with Crippen molar-refractivity contribution in [2.24, 2.45) is 0 Å². The van der Waals surface area contributed by atoms with E-state index >= 15 is 0 Å². The van der Waals surface area contributed by atoms with Crippen LogP contribution in [0.1, 0.15) is 21.5 Å². The summed E-state index contributed by atoms with van der Waals surface area (Å²) < 4.78 is 0. The third kappa shape index (κ3) is 3.85. The molecule has 0 aliphatic rings. The monoisotopic (exact) mass is 281 g/mol. The molecule has 2 aromatic carbocycles. The second-order valence-corrected chi connectivity index (χ2v) is 4.32. The summed E-state index contributed by atoms with van der Waals surface area (Å²) in [5, 5.41) is 21.1. The maximum absolute atomic E-state index is 12.0. The molecule has 0 saturated carbocycles. The quantitative estimate of drug-likeness (QED) is 0.749. The lowest BCUT2D eigenvalue weighted by molar-refractivity contribution is 0.0948. The SMILES string of the molecule is O=C(NCc1ccccc1C#CCO)c1ccccc1O. The molecule has 0 unspecified atom stereocenters. The van der Waals surface area contributed by atoms with Crippen LogP contribution in [0.5, 0.6) is 5.75 Å². The minimum atomic E-state index is -0.349. The summed E-state index contributed by atoms with van der Waals surface area (Å²) in [6, 6.07) is 13.7. The highest BCUT2D eigenvalue weighted by Gasteiger charge is 2.10. The van der Waals surface area contributed by atoms with Crippen molar-refractivity contribution in [2.75, 3.05) is 6.61 Å². The number of aliphatic hydroxyl groups is 1. The minimum absolute atomic E-state index is 0.0524. The van der Waals surface area contributed by atoms with Crippen LogP contribution in [0.25, 0.3) is 0 Å². The fourth-order valence-electron chi connectivity index (χ4n) is 1.87. The van der Waals surface area contributed by atoms with Gasteiger partial charge in [-0.05, 0) is 23.8 Å². The van der Waals surface area contributed by atoms with E-state index in [4.69, 9.17) is 5.11 Å². The Morgan fingerprint density at radius 1 is 1.10 bits per heavy atom. The fourth-order valence-corrected chi connectivity index (χ4v) is 1.87. The number of phenols is 1. The number of para-hydroxylation sites is 1. The number of rotatable bonds is 3. The van der Waals surface area contributed by atoms with Crippen molar-refractivity contribution in [3.8, 4) is 17.6 Å². The van der Waals surface area contributed by atoms with E-state index in [-0.39, 0.29) is 23.8 Å². The van der Waals surface area contributed by atoms with Crippen LogP contribution in [0.3, 0.4) is 0 Å². The lowest BCUT2D eigenvalue weighted by atomic mass is 10.1. The highest BCUT2D eigenvalue weighted by Crippen LogP contribution is 2.15. The van der Waals surface area contributed by atoms with Gasteiger partial charge in [-0.3, -0.25) is 4.79 Å². The Morgan fingerprint density at radius 2 is 1.81 bits per heavy atom. The normalized spacial score (nSPS) is 9.57. The molecule has 0 aliphatic carbocycles. The molecule has 4 heteroatoms. The van der Waals surface area contributed by atoms with Gasteiger partial charge in [0.05, 0.1) is 5.56 Å². The van der Waals surface area contributed by atoms with Crippen LogP contribution >= 0.6 is 0 Å². The van der Waals surface area contributed by atoms with Gasteiger partial charge in [-0.1, -0.05) is 42.2 Å². The first kappa shape index (κ1) is 14.6. The molecule has 0 heterocycles. The molecular weight excluding hydrogens is 266 g/mol. The first-order chi connectivity index (χ1) is 10.2. The summed E-state index contributed by atoms with van der Waals surface area (Å²) in [5.41, 5.74) is 1.84. The van der Waals surface area contributed by atoms with Gasteiger partial charge < -0.3 is 15.5 Å². The maximum atomic E-state index is 12.0. The maximum Gasteiger partial charge on any atom is 0.255 e. The second kappa shape index (κ2) is 7.13. The van der Waals surface area contributed by atoms with E-state index in [9.17, 15) is 9.90 Å². The van der Waals surface area contributed by atoms with E-state index in [1.54, 1.807) is 18.2 Å².